The fourth-order valence-electron chi connectivity index (χ4n) is 0.913. The average molecular weight is 178 g/mol. The highest BCUT2D eigenvalue weighted by Crippen LogP contribution is 1.94. The molecule has 0 bridgehead atoms. The summed E-state index contributed by atoms with van der Waals surface area (Å²) in [5.41, 5.74) is 0. The smallest absolute Gasteiger partial charge is 0.290 e. The van der Waals surface area contributed by atoms with Gasteiger partial charge in [-0.25, -0.2) is 4.98 Å². The zero-order valence-electron chi connectivity index (χ0n) is 7.23. The van der Waals surface area contributed by atoms with Gasteiger partial charge in [-0.05, 0) is 0 Å². The predicted molar refractivity (Wildman–Crippen MR) is 48.0 cm³/mol. The van der Waals surface area contributed by atoms with Crippen LogP contribution in [0.3, 0.4) is 0 Å². The van der Waals surface area contributed by atoms with Crippen LogP contribution in [0, 0.1) is 0 Å². The van der Waals surface area contributed by atoms with E-state index in [1.54, 1.807) is 24.0 Å². The van der Waals surface area contributed by atoms with Crippen LogP contribution in [0.15, 0.2) is 12.4 Å². The van der Waals surface area contributed by atoms with Crippen molar-refractivity contribution in [3.63, 3.8) is 0 Å². The van der Waals surface area contributed by atoms with Gasteiger partial charge in [-0.15, -0.1) is 0 Å². The Hall–Kier alpha value is -1.43. The number of carbonyl (C=O) groups is 2. The highest BCUT2D eigenvalue weighted by Gasteiger charge is 2.09. The Bertz CT molecular complexity index is 310. The van der Waals surface area contributed by atoms with E-state index < -0.39 is 0 Å². The minimum Gasteiger partial charge on any atom is -0.347 e. The van der Waals surface area contributed by atoms with E-state index in [0.717, 1.165) is 0 Å². The number of hydrogen-bond donors (Lipinski definition) is 1. The van der Waals surface area contributed by atoms with Gasteiger partial charge in [0.1, 0.15) is 0 Å². The molecule has 0 atom stereocenters. The van der Waals surface area contributed by atoms with Gasteiger partial charge >= 0.3 is 0 Å². The summed E-state index contributed by atoms with van der Waals surface area (Å²) in [6.45, 7) is 0.0869. The molecule has 0 amide bonds. The second-order valence-corrected chi connectivity index (χ2v) is 2.47. The number of imidazole rings is 1. The van der Waals surface area contributed by atoms with E-state index >= 15 is 0 Å². The minimum atomic E-state index is -0.148. The summed E-state index contributed by atoms with van der Waals surface area (Å²) in [7, 11) is 2.92. The van der Waals surface area contributed by atoms with E-state index in [1.165, 1.54) is 7.41 Å². The van der Waals surface area contributed by atoms with E-state index in [-0.39, 0.29) is 12.3 Å². The van der Waals surface area contributed by atoms with E-state index in [4.69, 9.17) is 0 Å². The third-order valence-electron chi connectivity index (χ3n) is 1.52. The normalized spacial score (nSPS) is 9.62. The molecule has 0 aliphatic carbocycles. The molecule has 1 aromatic heterocycles. The van der Waals surface area contributed by atoms with E-state index in [1.807, 2.05) is 0 Å². The minimum absolute atomic E-state index is 0.0869. The second-order valence-electron chi connectivity index (χ2n) is 2.47. The van der Waals surface area contributed by atoms with Crippen molar-refractivity contribution >= 4 is 19.4 Å². The maximum atomic E-state index is 11.3. The van der Waals surface area contributed by atoms with Gasteiger partial charge < -0.3 is 14.6 Å². The Morgan fingerprint density at radius 1 is 1.85 bits per heavy atom. The molecule has 1 N–H and O–H groups in total. The summed E-state index contributed by atoms with van der Waals surface area (Å²) in [6.07, 6.45) is 3.83. The van der Waals surface area contributed by atoms with Crippen LogP contribution >= 0.6 is 0 Å². The summed E-state index contributed by atoms with van der Waals surface area (Å²) >= 11 is 0. The van der Waals surface area contributed by atoms with Gasteiger partial charge in [-0.2, -0.15) is 0 Å². The first-order valence-electron chi connectivity index (χ1n) is 3.76. The van der Waals surface area contributed by atoms with Gasteiger partial charge in [0, 0.05) is 19.4 Å². The van der Waals surface area contributed by atoms with Gasteiger partial charge in [0.2, 0.25) is 5.78 Å². The number of nitrogens with one attached hydrogen (secondary N) is 1. The number of Topliss-reactive ketones (excluding diaryl/α,β-unsaturated/α-hetero) is 1. The molecule has 0 fully saturated rings. The highest BCUT2D eigenvalue weighted by atomic mass is 16.1. The molecule has 13 heavy (non-hydrogen) atoms. The standard InChI is InChI=1S/C7H9BN3O2/c1-11-3-2-9-7(11)6(13)4-10-8-5-12/h2-3,5,10H,4H2,1H3. The summed E-state index contributed by atoms with van der Waals surface area (Å²) in [4.78, 5) is 25.1. The summed E-state index contributed by atoms with van der Waals surface area (Å²) in [5, 5.41) is 2.55. The van der Waals surface area contributed by atoms with Crippen molar-refractivity contribution in [1.82, 2.24) is 14.8 Å². The number of rotatable bonds is 5. The molecule has 1 radical (unpaired) electrons. The zero-order valence-corrected chi connectivity index (χ0v) is 7.23. The van der Waals surface area contributed by atoms with E-state index in [9.17, 15) is 9.59 Å². The van der Waals surface area contributed by atoms with Crippen LogP contribution < -0.4 is 5.23 Å². The van der Waals surface area contributed by atoms with E-state index in [2.05, 4.69) is 10.2 Å². The molecular weight excluding hydrogens is 169 g/mol. The SMILES string of the molecule is Cn1ccnc1C(=O)CN[B]C=O. The summed E-state index contributed by atoms with van der Waals surface area (Å²) < 4.78 is 1.63. The molecule has 67 valence electrons. The largest absolute Gasteiger partial charge is 0.347 e. The highest BCUT2D eigenvalue weighted by molar-refractivity contribution is 6.64. The van der Waals surface area contributed by atoms with Crippen LogP contribution in [0.5, 0.6) is 0 Å². The Labute approximate surface area is 76.4 Å². The molecule has 5 nitrogen and oxygen atoms in total. The van der Waals surface area contributed by atoms with Crippen molar-refractivity contribution in [2.45, 2.75) is 0 Å². The fraction of sp³-hybridized carbons (Fsp3) is 0.286. The Balaban J connectivity index is 2.49. The van der Waals surface area contributed by atoms with Gasteiger partial charge in [-0.1, -0.05) is 0 Å². The molecule has 0 saturated carbocycles. The fourth-order valence-corrected chi connectivity index (χ4v) is 0.913. The average Bonchev–Trinajstić information content (AvgIpc) is 2.52. The van der Waals surface area contributed by atoms with Gasteiger partial charge in [0.25, 0.3) is 7.41 Å². The molecule has 0 spiro atoms. The molecule has 0 aliphatic heterocycles. The Morgan fingerprint density at radius 3 is 3.15 bits per heavy atom. The van der Waals surface area contributed by atoms with Crippen LogP contribution in [0.1, 0.15) is 10.6 Å². The molecule has 1 heterocycles. The third-order valence-corrected chi connectivity index (χ3v) is 1.52. The monoisotopic (exact) mass is 178 g/mol. The summed E-state index contributed by atoms with van der Waals surface area (Å²) in [6, 6.07) is 0. The zero-order chi connectivity index (χ0) is 9.68. The Kier molecular flexibility index (Phi) is 3.39. The predicted octanol–water partition coefficient (Wildman–Crippen LogP) is -0.998. The van der Waals surface area contributed by atoms with Crippen molar-refractivity contribution in [3.05, 3.63) is 18.2 Å². The molecule has 0 aliphatic rings. The third kappa shape index (κ3) is 2.52. The number of aryl methyl sites for hydroxylation is 1. The molecular formula is C7H9BN3O2. The van der Waals surface area contributed by atoms with Crippen molar-refractivity contribution in [2.75, 3.05) is 6.54 Å². The van der Waals surface area contributed by atoms with Crippen LogP contribution in [0.2, 0.25) is 0 Å². The van der Waals surface area contributed by atoms with Crippen LogP contribution in [-0.4, -0.2) is 35.5 Å². The molecule has 6 heteroatoms. The summed E-state index contributed by atoms with van der Waals surface area (Å²) in [5.74, 6) is 0.234. The number of hydrogen-bond acceptors (Lipinski definition) is 4. The van der Waals surface area contributed by atoms with Crippen LogP contribution in [-0.2, 0) is 11.8 Å². The molecule has 1 rings (SSSR count). The Morgan fingerprint density at radius 2 is 2.62 bits per heavy atom. The first-order valence-corrected chi connectivity index (χ1v) is 3.76. The molecule has 0 saturated heterocycles. The lowest BCUT2D eigenvalue weighted by atomic mass is 9.99. The van der Waals surface area contributed by atoms with Gasteiger partial charge in [0.15, 0.2) is 5.82 Å². The lowest BCUT2D eigenvalue weighted by molar-refractivity contribution is 0.0984. The van der Waals surface area contributed by atoms with Crippen molar-refractivity contribution in [1.29, 1.82) is 0 Å². The van der Waals surface area contributed by atoms with E-state index in [0.29, 0.717) is 12.0 Å². The second kappa shape index (κ2) is 4.56. The van der Waals surface area contributed by atoms with Crippen molar-refractivity contribution in [3.8, 4) is 0 Å². The quantitative estimate of drug-likeness (QED) is 0.272. The van der Waals surface area contributed by atoms with Crippen molar-refractivity contribution < 1.29 is 9.59 Å². The number of nitrogens with zero attached hydrogens (tertiary/aromatic N) is 2. The maximum absolute atomic E-state index is 11.3. The number of carbonyl (C=O) groups excluding carboxylic acids is 2. The van der Waals surface area contributed by atoms with Crippen LogP contribution in [0.25, 0.3) is 0 Å². The molecule has 0 aromatic carbocycles. The lowest BCUT2D eigenvalue weighted by Gasteiger charge is -1.99. The van der Waals surface area contributed by atoms with Crippen LogP contribution in [0.4, 0.5) is 0 Å². The first kappa shape index (κ1) is 9.66. The van der Waals surface area contributed by atoms with Gasteiger partial charge in [0.05, 0.1) is 12.7 Å². The molecule has 0 unspecified atom stereocenters. The molecule has 1 aromatic rings. The number of aromatic nitrogens is 2. The first-order chi connectivity index (χ1) is 6.25. The number of ketones is 1. The van der Waals surface area contributed by atoms with Crippen molar-refractivity contribution in [2.24, 2.45) is 7.05 Å². The maximum Gasteiger partial charge on any atom is 0.290 e. The van der Waals surface area contributed by atoms with Gasteiger partial charge in [-0.3, -0.25) is 4.79 Å². The lowest BCUT2D eigenvalue weighted by Crippen LogP contribution is -2.28. The topological polar surface area (TPSA) is 64.0 Å².